The molecule has 4 rings (SSSR count). The molecular formula is C18H16O3. The van der Waals surface area contributed by atoms with E-state index in [1.54, 1.807) is 0 Å². The van der Waals surface area contributed by atoms with Crippen molar-refractivity contribution in [2.24, 2.45) is 5.92 Å². The summed E-state index contributed by atoms with van der Waals surface area (Å²) in [6.45, 7) is 1.85. The molecule has 0 spiro atoms. The first-order chi connectivity index (χ1) is 10.2. The Hall–Kier alpha value is -2.13. The standard InChI is InChI=1S/C18H16O3/c1-17-15(12-16(19)20-17)18(21-17,13-8-4-2-5-9-13)14-10-6-3-7-11-14/h2-11,15H,12H2,1H3/t15-,17-/m0/s1. The molecule has 3 heteroatoms. The normalized spacial score (nSPS) is 29.4. The number of hydrogen-bond donors (Lipinski definition) is 0. The van der Waals surface area contributed by atoms with E-state index in [-0.39, 0.29) is 11.9 Å². The second-order valence-corrected chi connectivity index (χ2v) is 5.82. The summed E-state index contributed by atoms with van der Waals surface area (Å²) in [6.07, 6.45) is 0.389. The number of fused-ring (bicyclic) bond motifs is 1. The van der Waals surface area contributed by atoms with Gasteiger partial charge in [0.2, 0.25) is 5.79 Å². The zero-order valence-electron chi connectivity index (χ0n) is 11.8. The maximum absolute atomic E-state index is 11.8. The van der Waals surface area contributed by atoms with Crippen molar-refractivity contribution < 1.29 is 14.3 Å². The minimum Gasteiger partial charge on any atom is -0.433 e. The molecule has 106 valence electrons. The molecule has 2 atom stereocenters. The molecule has 0 N–H and O–H groups in total. The van der Waals surface area contributed by atoms with Gasteiger partial charge in [-0.05, 0) is 11.1 Å². The lowest BCUT2D eigenvalue weighted by molar-refractivity contribution is -0.374. The highest BCUT2D eigenvalue weighted by Crippen LogP contribution is 2.61. The van der Waals surface area contributed by atoms with E-state index in [2.05, 4.69) is 24.3 Å². The molecule has 0 saturated carbocycles. The Balaban J connectivity index is 1.88. The Labute approximate surface area is 123 Å². The zero-order valence-corrected chi connectivity index (χ0v) is 11.8. The van der Waals surface area contributed by atoms with Gasteiger partial charge >= 0.3 is 5.97 Å². The Morgan fingerprint density at radius 2 is 1.48 bits per heavy atom. The maximum Gasteiger partial charge on any atom is 0.308 e. The Kier molecular flexibility index (Phi) is 2.51. The van der Waals surface area contributed by atoms with Crippen molar-refractivity contribution in [2.45, 2.75) is 24.7 Å². The Bertz CT molecular complexity index is 641. The molecule has 2 aliphatic rings. The summed E-state index contributed by atoms with van der Waals surface area (Å²) in [6, 6.07) is 20.2. The molecular weight excluding hydrogens is 264 g/mol. The number of esters is 1. The van der Waals surface area contributed by atoms with E-state index in [4.69, 9.17) is 9.47 Å². The van der Waals surface area contributed by atoms with E-state index < -0.39 is 11.4 Å². The second-order valence-electron chi connectivity index (χ2n) is 5.82. The summed E-state index contributed by atoms with van der Waals surface area (Å²) in [4.78, 5) is 11.8. The maximum atomic E-state index is 11.8. The third-order valence-electron chi connectivity index (χ3n) is 4.58. The fourth-order valence-electron chi connectivity index (χ4n) is 3.69. The summed E-state index contributed by atoms with van der Waals surface area (Å²) in [5.74, 6) is -0.985. The van der Waals surface area contributed by atoms with E-state index >= 15 is 0 Å². The van der Waals surface area contributed by atoms with Gasteiger partial charge in [0.25, 0.3) is 0 Å². The van der Waals surface area contributed by atoms with Crippen molar-refractivity contribution in [1.82, 2.24) is 0 Å². The summed E-state index contributed by atoms with van der Waals surface area (Å²) in [7, 11) is 0. The number of carbonyl (C=O) groups excluding carboxylic acids is 1. The van der Waals surface area contributed by atoms with Gasteiger partial charge in [0.1, 0.15) is 5.60 Å². The molecule has 2 aromatic rings. The molecule has 2 heterocycles. The molecule has 0 bridgehead atoms. The molecule has 2 fully saturated rings. The van der Waals surface area contributed by atoms with Crippen LogP contribution in [-0.2, 0) is 19.9 Å². The summed E-state index contributed by atoms with van der Waals surface area (Å²) in [5, 5.41) is 0. The third-order valence-corrected chi connectivity index (χ3v) is 4.58. The largest absolute Gasteiger partial charge is 0.433 e. The molecule has 2 aliphatic heterocycles. The van der Waals surface area contributed by atoms with Crippen LogP contribution in [0.25, 0.3) is 0 Å². The molecule has 0 radical (unpaired) electrons. The lowest BCUT2D eigenvalue weighted by Crippen LogP contribution is -2.63. The average Bonchev–Trinajstić information content (AvgIpc) is 2.75. The van der Waals surface area contributed by atoms with Gasteiger partial charge in [-0.3, -0.25) is 4.79 Å². The van der Waals surface area contributed by atoms with Crippen molar-refractivity contribution in [3.8, 4) is 0 Å². The van der Waals surface area contributed by atoms with Gasteiger partial charge in [0, 0.05) is 6.92 Å². The summed E-state index contributed by atoms with van der Waals surface area (Å²) >= 11 is 0. The quantitative estimate of drug-likeness (QED) is 0.792. The van der Waals surface area contributed by atoms with Gasteiger partial charge in [-0.1, -0.05) is 60.7 Å². The van der Waals surface area contributed by atoms with Crippen molar-refractivity contribution in [3.05, 3.63) is 71.8 Å². The molecule has 0 amide bonds. The minimum absolute atomic E-state index is 0.00213. The van der Waals surface area contributed by atoms with Gasteiger partial charge in [-0.25, -0.2) is 0 Å². The number of hydrogen-bond acceptors (Lipinski definition) is 3. The summed E-state index contributed by atoms with van der Waals surface area (Å²) < 4.78 is 11.6. The molecule has 3 nitrogen and oxygen atoms in total. The minimum atomic E-state index is -0.803. The van der Waals surface area contributed by atoms with Crippen LogP contribution in [0.15, 0.2) is 60.7 Å². The van der Waals surface area contributed by atoms with E-state index in [0.717, 1.165) is 11.1 Å². The van der Waals surface area contributed by atoms with Crippen molar-refractivity contribution >= 4 is 5.97 Å². The highest BCUT2D eigenvalue weighted by molar-refractivity contribution is 5.74. The second kappa shape index (κ2) is 4.18. The number of ether oxygens (including phenoxy) is 2. The van der Waals surface area contributed by atoms with Gasteiger partial charge in [-0.2, -0.15) is 0 Å². The molecule has 0 aliphatic carbocycles. The smallest absolute Gasteiger partial charge is 0.308 e. The van der Waals surface area contributed by atoms with E-state index in [9.17, 15) is 4.79 Å². The first-order valence-corrected chi connectivity index (χ1v) is 7.18. The van der Waals surface area contributed by atoms with Crippen molar-refractivity contribution in [3.63, 3.8) is 0 Å². The first kappa shape index (κ1) is 12.6. The van der Waals surface area contributed by atoms with Crippen LogP contribution in [0.3, 0.4) is 0 Å². The third kappa shape index (κ3) is 1.61. The zero-order chi connectivity index (χ0) is 14.5. The van der Waals surface area contributed by atoms with Gasteiger partial charge < -0.3 is 9.47 Å². The number of carbonyl (C=O) groups is 1. The van der Waals surface area contributed by atoms with E-state index in [0.29, 0.717) is 6.42 Å². The fraction of sp³-hybridized carbons (Fsp3) is 0.278. The molecule has 2 saturated heterocycles. The summed E-state index contributed by atoms with van der Waals surface area (Å²) in [5.41, 5.74) is 1.54. The van der Waals surface area contributed by atoms with Crippen LogP contribution in [0.2, 0.25) is 0 Å². The number of rotatable bonds is 2. The van der Waals surface area contributed by atoms with Crippen LogP contribution in [0.5, 0.6) is 0 Å². The van der Waals surface area contributed by atoms with Crippen molar-refractivity contribution in [2.75, 3.05) is 0 Å². The Morgan fingerprint density at radius 3 is 1.95 bits per heavy atom. The van der Waals surface area contributed by atoms with Gasteiger partial charge in [0.15, 0.2) is 0 Å². The van der Waals surface area contributed by atoms with E-state index in [1.165, 1.54) is 0 Å². The van der Waals surface area contributed by atoms with Gasteiger partial charge in [-0.15, -0.1) is 0 Å². The van der Waals surface area contributed by atoms with Crippen LogP contribution in [0, 0.1) is 5.92 Å². The van der Waals surface area contributed by atoms with Crippen LogP contribution in [0.4, 0.5) is 0 Å². The monoisotopic (exact) mass is 280 g/mol. The van der Waals surface area contributed by atoms with Crippen LogP contribution < -0.4 is 0 Å². The lowest BCUT2D eigenvalue weighted by atomic mass is 9.67. The average molecular weight is 280 g/mol. The molecule has 21 heavy (non-hydrogen) atoms. The number of benzene rings is 2. The molecule has 0 unspecified atom stereocenters. The molecule has 2 aromatic carbocycles. The molecule has 0 aromatic heterocycles. The lowest BCUT2D eigenvalue weighted by Gasteiger charge is -2.56. The van der Waals surface area contributed by atoms with Crippen LogP contribution >= 0.6 is 0 Å². The topological polar surface area (TPSA) is 35.5 Å². The van der Waals surface area contributed by atoms with Crippen LogP contribution in [0.1, 0.15) is 24.5 Å². The van der Waals surface area contributed by atoms with Crippen molar-refractivity contribution in [1.29, 1.82) is 0 Å². The SMILES string of the molecule is C[C@@]12OC(=O)C[C@@H]1C(c1ccccc1)(c1ccccc1)O2. The van der Waals surface area contributed by atoms with Crippen LogP contribution in [-0.4, -0.2) is 11.8 Å². The fourth-order valence-corrected chi connectivity index (χ4v) is 3.69. The predicted octanol–water partition coefficient (Wildman–Crippen LogP) is 3.24. The predicted molar refractivity (Wildman–Crippen MR) is 77.4 cm³/mol. The highest BCUT2D eigenvalue weighted by Gasteiger charge is 2.70. The van der Waals surface area contributed by atoms with Gasteiger partial charge in [0.05, 0.1) is 12.3 Å². The first-order valence-electron chi connectivity index (χ1n) is 7.18. The highest BCUT2D eigenvalue weighted by atomic mass is 16.8. The van der Waals surface area contributed by atoms with E-state index in [1.807, 2.05) is 43.3 Å². The Morgan fingerprint density at radius 1 is 0.952 bits per heavy atom.